The Hall–Kier alpha value is -1.76. The van der Waals surface area contributed by atoms with Gasteiger partial charge in [0.15, 0.2) is 0 Å². The van der Waals surface area contributed by atoms with Gasteiger partial charge in [-0.1, -0.05) is 56.2 Å². The van der Waals surface area contributed by atoms with E-state index < -0.39 is 0 Å². The lowest BCUT2D eigenvalue weighted by Gasteiger charge is -2.41. The molecule has 0 aliphatic heterocycles. The molecule has 0 atom stereocenters. The van der Waals surface area contributed by atoms with Crippen molar-refractivity contribution in [3.63, 3.8) is 0 Å². The minimum absolute atomic E-state index is 0.491. The Morgan fingerprint density at radius 3 is 2.32 bits per heavy atom. The van der Waals surface area contributed by atoms with Crippen LogP contribution in [0.5, 0.6) is 0 Å². The SMILES string of the molecule is CCCCC1(Cc2ccc(N)cc2)CCC(c2ccccc2C)CC1. The van der Waals surface area contributed by atoms with Crippen molar-refractivity contribution in [1.82, 2.24) is 0 Å². The van der Waals surface area contributed by atoms with E-state index in [0.717, 1.165) is 11.6 Å². The molecule has 0 unspecified atom stereocenters. The molecule has 2 aromatic rings. The van der Waals surface area contributed by atoms with Gasteiger partial charge in [-0.05, 0) is 85.6 Å². The van der Waals surface area contributed by atoms with Crippen LogP contribution in [0.15, 0.2) is 48.5 Å². The van der Waals surface area contributed by atoms with Crippen LogP contribution in [0.25, 0.3) is 0 Å². The van der Waals surface area contributed by atoms with Crippen LogP contribution in [0.1, 0.15) is 74.5 Å². The van der Waals surface area contributed by atoms with Crippen molar-refractivity contribution in [2.75, 3.05) is 5.73 Å². The Balaban J connectivity index is 1.72. The van der Waals surface area contributed by atoms with Crippen molar-refractivity contribution in [2.45, 2.75) is 71.1 Å². The van der Waals surface area contributed by atoms with Crippen molar-refractivity contribution < 1.29 is 0 Å². The molecule has 25 heavy (non-hydrogen) atoms. The number of aryl methyl sites for hydroxylation is 1. The second kappa shape index (κ2) is 8.08. The molecule has 3 rings (SSSR count). The minimum atomic E-state index is 0.491. The van der Waals surface area contributed by atoms with E-state index >= 15 is 0 Å². The summed E-state index contributed by atoms with van der Waals surface area (Å²) in [5, 5.41) is 0. The first-order valence-corrected chi connectivity index (χ1v) is 10.0. The molecule has 0 aromatic heterocycles. The second-order valence-electron chi connectivity index (χ2n) is 8.15. The number of rotatable bonds is 6. The third-order valence-electron chi connectivity index (χ3n) is 6.29. The third-order valence-corrected chi connectivity index (χ3v) is 6.29. The Kier molecular flexibility index (Phi) is 5.83. The molecule has 0 bridgehead atoms. The number of hydrogen-bond acceptors (Lipinski definition) is 1. The van der Waals surface area contributed by atoms with Gasteiger partial charge in [0.05, 0.1) is 0 Å². The molecular weight excluding hydrogens is 302 g/mol. The smallest absolute Gasteiger partial charge is 0.0314 e. The van der Waals surface area contributed by atoms with Gasteiger partial charge in [-0.3, -0.25) is 0 Å². The molecular formula is C24H33N. The molecule has 1 saturated carbocycles. The van der Waals surface area contributed by atoms with Crippen LogP contribution in [0, 0.1) is 12.3 Å². The maximum Gasteiger partial charge on any atom is 0.0314 e. The van der Waals surface area contributed by atoms with E-state index in [4.69, 9.17) is 5.73 Å². The van der Waals surface area contributed by atoms with Crippen LogP contribution in [-0.2, 0) is 6.42 Å². The topological polar surface area (TPSA) is 26.0 Å². The average molecular weight is 336 g/mol. The summed E-state index contributed by atoms with van der Waals surface area (Å²) in [4.78, 5) is 0. The first kappa shape index (κ1) is 18.0. The monoisotopic (exact) mass is 335 g/mol. The zero-order chi connectivity index (χ0) is 17.7. The van der Waals surface area contributed by atoms with Crippen molar-refractivity contribution >= 4 is 5.69 Å². The maximum atomic E-state index is 5.87. The number of benzene rings is 2. The van der Waals surface area contributed by atoms with Gasteiger partial charge in [-0.15, -0.1) is 0 Å². The zero-order valence-electron chi connectivity index (χ0n) is 15.9. The maximum absolute atomic E-state index is 5.87. The van der Waals surface area contributed by atoms with E-state index in [9.17, 15) is 0 Å². The molecule has 1 fully saturated rings. The molecule has 2 N–H and O–H groups in total. The highest BCUT2D eigenvalue weighted by atomic mass is 14.5. The molecule has 0 amide bonds. The van der Waals surface area contributed by atoms with E-state index in [1.54, 1.807) is 5.56 Å². The fourth-order valence-electron chi connectivity index (χ4n) is 4.72. The highest BCUT2D eigenvalue weighted by Crippen LogP contribution is 2.48. The summed E-state index contributed by atoms with van der Waals surface area (Å²) >= 11 is 0. The van der Waals surface area contributed by atoms with Crippen LogP contribution in [0.4, 0.5) is 5.69 Å². The van der Waals surface area contributed by atoms with E-state index in [2.05, 4.69) is 62.4 Å². The Morgan fingerprint density at radius 1 is 1.00 bits per heavy atom. The van der Waals surface area contributed by atoms with E-state index in [-0.39, 0.29) is 0 Å². The molecule has 1 aliphatic rings. The largest absolute Gasteiger partial charge is 0.399 e. The summed E-state index contributed by atoms with van der Waals surface area (Å²) in [6.45, 7) is 4.58. The van der Waals surface area contributed by atoms with E-state index in [0.29, 0.717) is 5.41 Å². The molecule has 2 aromatic carbocycles. The molecule has 1 aliphatic carbocycles. The summed E-state index contributed by atoms with van der Waals surface area (Å²) in [5.41, 5.74) is 11.7. The Bertz CT molecular complexity index is 663. The predicted molar refractivity (Wildman–Crippen MR) is 109 cm³/mol. The lowest BCUT2D eigenvalue weighted by Crippen LogP contribution is -2.29. The van der Waals surface area contributed by atoms with Crippen molar-refractivity contribution in [2.24, 2.45) is 5.41 Å². The second-order valence-corrected chi connectivity index (χ2v) is 8.15. The molecule has 0 radical (unpaired) electrons. The van der Waals surface area contributed by atoms with Crippen LogP contribution in [0.2, 0.25) is 0 Å². The number of nitrogen functional groups attached to an aromatic ring is 1. The number of nitrogens with two attached hydrogens (primary N) is 1. The molecule has 0 heterocycles. The first-order valence-electron chi connectivity index (χ1n) is 10.0. The van der Waals surface area contributed by atoms with Gasteiger partial charge in [-0.25, -0.2) is 0 Å². The Morgan fingerprint density at radius 2 is 1.68 bits per heavy atom. The fourth-order valence-corrected chi connectivity index (χ4v) is 4.72. The lowest BCUT2D eigenvalue weighted by atomic mass is 9.64. The average Bonchev–Trinajstić information content (AvgIpc) is 2.63. The van der Waals surface area contributed by atoms with Crippen LogP contribution in [-0.4, -0.2) is 0 Å². The standard InChI is InChI=1S/C24H33N/c1-3-4-15-24(18-20-9-11-22(25)12-10-20)16-13-21(14-17-24)23-8-6-5-7-19(23)2/h5-12,21H,3-4,13-18,25H2,1-2H3. The third kappa shape index (κ3) is 4.45. The quantitative estimate of drug-likeness (QED) is 0.587. The van der Waals surface area contributed by atoms with Crippen molar-refractivity contribution in [1.29, 1.82) is 0 Å². The van der Waals surface area contributed by atoms with Gasteiger partial charge in [-0.2, -0.15) is 0 Å². The predicted octanol–water partition coefficient (Wildman–Crippen LogP) is 6.65. The summed E-state index contributed by atoms with van der Waals surface area (Å²) < 4.78 is 0. The number of unbranched alkanes of at least 4 members (excludes halogenated alkanes) is 1. The van der Waals surface area contributed by atoms with Crippen LogP contribution < -0.4 is 5.73 Å². The molecule has 0 saturated heterocycles. The highest BCUT2D eigenvalue weighted by molar-refractivity contribution is 5.39. The zero-order valence-corrected chi connectivity index (χ0v) is 15.9. The fraction of sp³-hybridized carbons (Fsp3) is 0.500. The number of anilines is 1. The van der Waals surface area contributed by atoms with Gasteiger partial charge in [0.1, 0.15) is 0 Å². The summed E-state index contributed by atoms with van der Waals surface area (Å²) in [6, 6.07) is 17.6. The van der Waals surface area contributed by atoms with E-state index in [1.165, 1.54) is 62.5 Å². The van der Waals surface area contributed by atoms with Gasteiger partial charge >= 0.3 is 0 Å². The van der Waals surface area contributed by atoms with Crippen molar-refractivity contribution in [3.05, 3.63) is 65.2 Å². The van der Waals surface area contributed by atoms with Gasteiger partial charge < -0.3 is 5.73 Å². The molecule has 134 valence electrons. The summed E-state index contributed by atoms with van der Waals surface area (Å²) in [6.07, 6.45) is 10.6. The Labute approximate surface area is 153 Å². The summed E-state index contributed by atoms with van der Waals surface area (Å²) in [5.74, 6) is 0.752. The summed E-state index contributed by atoms with van der Waals surface area (Å²) in [7, 11) is 0. The minimum Gasteiger partial charge on any atom is -0.399 e. The van der Waals surface area contributed by atoms with Gasteiger partial charge in [0, 0.05) is 5.69 Å². The highest BCUT2D eigenvalue weighted by Gasteiger charge is 2.35. The molecule has 1 heteroatoms. The molecule has 1 nitrogen and oxygen atoms in total. The number of hydrogen-bond donors (Lipinski definition) is 1. The van der Waals surface area contributed by atoms with Gasteiger partial charge in [0.25, 0.3) is 0 Å². The van der Waals surface area contributed by atoms with Crippen LogP contribution >= 0.6 is 0 Å². The van der Waals surface area contributed by atoms with Crippen molar-refractivity contribution in [3.8, 4) is 0 Å². The van der Waals surface area contributed by atoms with Gasteiger partial charge in [0.2, 0.25) is 0 Å². The first-order chi connectivity index (χ1) is 12.1. The lowest BCUT2D eigenvalue weighted by molar-refractivity contribution is 0.153. The van der Waals surface area contributed by atoms with Crippen LogP contribution in [0.3, 0.4) is 0 Å². The normalized spacial score (nSPS) is 23.5. The van der Waals surface area contributed by atoms with E-state index in [1.807, 2.05) is 0 Å². The molecule has 0 spiro atoms.